The van der Waals surface area contributed by atoms with E-state index in [1.165, 1.54) is 5.01 Å². The zero-order chi connectivity index (χ0) is 31.1. The summed E-state index contributed by atoms with van der Waals surface area (Å²) in [7, 11) is -3.82. The van der Waals surface area contributed by atoms with Crippen molar-refractivity contribution < 1.29 is 27.9 Å². The summed E-state index contributed by atoms with van der Waals surface area (Å²) >= 11 is 0. The molecule has 4 rings (SSSR count). The molecule has 0 aromatic heterocycles. The molecule has 2 aliphatic rings. The van der Waals surface area contributed by atoms with E-state index in [9.17, 15) is 23.1 Å². The van der Waals surface area contributed by atoms with Crippen molar-refractivity contribution in [3.8, 4) is 5.75 Å². The van der Waals surface area contributed by atoms with Gasteiger partial charge in [0.2, 0.25) is 5.91 Å². The van der Waals surface area contributed by atoms with Crippen LogP contribution in [0.3, 0.4) is 0 Å². The first kappa shape index (κ1) is 32.9. The summed E-state index contributed by atoms with van der Waals surface area (Å²) in [5.74, 6) is -0.225. The van der Waals surface area contributed by atoms with Crippen LogP contribution in [0.1, 0.15) is 58.1 Å². The van der Waals surface area contributed by atoms with Crippen LogP contribution in [0.25, 0.3) is 0 Å². The maximum absolute atomic E-state index is 13.8. The highest BCUT2D eigenvalue weighted by molar-refractivity contribution is 7.92. The molecule has 43 heavy (non-hydrogen) atoms. The number of fused-ring (bicyclic) bond motifs is 1. The van der Waals surface area contributed by atoms with Crippen molar-refractivity contribution in [2.24, 2.45) is 11.8 Å². The van der Waals surface area contributed by atoms with Gasteiger partial charge in [0.05, 0.1) is 29.7 Å². The van der Waals surface area contributed by atoms with Crippen LogP contribution in [-0.2, 0) is 32.3 Å². The molecule has 4 N–H and O–H groups in total. The first-order valence-corrected chi connectivity index (χ1v) is 16.8. The van der Waals surface area contributed by atoms with E-state index in [-0.39, 0.29) is 47.9 Å². The number of aliphatic hydroxyl groups is 1. The van der Waals surface area contributed by atoms with Crippen LogP contribution in [0, 0.1) is 11.8 Å². The number of nitrogens with zero attached hydrogens (tertiary/aromatic N) is 1. The van der Waals surface area contributed by atoms with Gasteiger partial charge in [-0.05, 0) is 67.0 Å². The highest BCUT2D eigenvalue weighted by atomic mass is 32.2. The molecule has 0 radical (unpaired) electrons. The topological polar surface area (TPSA) is 137 Å². The van der Waals surface area contributed by atoms with E-state index < -0.39 is 33.4 Å². The summed E-state index contributed by atoms with van der Waals surface area (Å²) in [5, 5.41) is 18.2. The fourth-order valence-corrected chi connectivity index (χ4v) is 7.59. The van der Waals surface area contributed by atoms with Gasteiger partial charge in [-0.15, -0.1) is 0 Å². The molecule has 2 amide bonds. The van der Waals surface area contributed by atoms with Gasteiger partial charge in [-0.3, -0.25) is 20.3 Å². The molecule has 2 aliphatic heterocycles. The normalized spacial score (nSPS) is 18.6. The van der Waals surface area contributed by atoms with Crippen molar-refractivity contribution in [3.63, 3.8) is 0 Å². The summed E-state index contributed by atoms with van der Waals surface area (Å²) in [6, 6.07) is 13.1. The summed E-state index contributed by atoms with van der Waals surface area (Å²) in [6.07, 6.45) is 1.41. The largest absolute Gasteiger partial charge is 0.493 e. The highest BCUT2D eigenvalue weighted by Gasteiger charge is 2.36. The number of aliphatic hydroxyl groups excluding tert-OH is 1. The average Bonchev–Trinajstić information content (AvgIpc) is 3.67. The number of ether oxygens (including phenoxy) is 1. The monoisotopic (exact) mass is 614 g/mol. The van der Waals surface area contributed by atoms with Gasteiger partial charge in [0.1, 0.15) is 11.1 Å². The van der Waals surface area contributed by atoms with Crippen molar-refractivity contribution in [1.29, 1.82) is 0 Å². The Labute approximate surface area is 255 Å². The van der Waals surface area contributed by atoms with Gasteiger partial charge in [0.15, 0.2) is 9.84 Å². The lowest BCUT2D eigenvalue weighted by molar-refractivity contribution is -0.149. The molecular weight excluding hydrogens is 568 g/mol. The summed E-state index contributed by atoms with van der Waals surface area (Å²) in [5.41, 5.74) is 4.55. The smallest absolute Gasteiger partial charge is 0.255 e. The number of amides is 2. The molecule has 236 valence electrons. The van der Waals surface area contributed by atoms with Crippen LogP contribution >= 0.6 is 0 Å². The number of hydrogen-bond acceptors (Lipinski definition) is 8. The Kier molecular flexibility index (Phi) is 11.2. The van der Waals surface area contributed by atoms with Gasteiger partial charge in [-0.1, -0.05) is 58.0 Å². The van der Waals surface area contributed by atoms with Crippen LogP contribution in [-0.4, -0.2) is 73.6 Å². The predicted molar refractivity (Wildman–Crippen MR) is 165 cm³/mol. The Bertz CT molecular complexity index is 1340. The average molecular weight is 615 g/mol. The molecule has 2 aromatic rings. The van der Waals surface area contributed by atoms with E-state index in [2.05, 4.69) is 16.1 Å². The Balaban J connectivity index is 1.59. The number of carbonyl (C=O) groups excluding carboxylic acids is 2. The second-order valence-corrected chi connectivity index (χ2v) is 14.4. The van der Waals surface area contributed by atoms with Gasteiger partial charge in [-0.25, -0.2) is 13.4 Å². The number of sulfone groups is 1. The number of rotatable bonds is 13. The van der Waals surface area contributed by atoms with Crippen molar-refractivity contribution >= 4 is 21.7 Å². The maximum Gasteiger partial charge on any atom is 0.255 e. The van der Waals surface area contributed by atoms with Gasteiger partial charge in [0.25, 0.3) is 5.91 Å². The number of nitrogens with one attached hydrogen (secondary N) is 3. The van der Waals surface area contributed by atoms with E-state index in [0.717, 1.165) is 24.1 Å². The van der Waals surface area contributed by atoms with Gasteiger partial charge < -0.3 is 15.2 Å². The molecule has 1 saturated heterocycles. The molecule has 0 aliphatic carbocycles. The van der Waals surface area contributed by atoms with Crippen molar-refractivity contribution in [2.75, 3.05) is 19.7 Å². The van der Waals surface area contributed by atoms with E-state index in [1.807, 2.05) is 58.0 Å². The second kappa shape index (κ2) is 14.7. The van der Waals surface area contributed by atoms with Gasteiger partial charge >= 0.3 is 0 Å². The molecule has 2 aromatic carbocycles. The third-order valence-electron chi connectivity index (χ3n) is 7.98. The standard InChI is InChI=1S/C32H46N4O6S/c1-21(2)17-30(38)36(35-31(39)26-11-8-15-33-26)27(18-23-9-6-5-7-10-23)28(37)20-34-32(22(3)4)43(40,41)25-12-13-29-24(19-25)14-16-42-29/h5-7,9-10,12-13,19,21-22,26-28,32-34,37H,8,11,14-18,20H2,1-4H3,(H,35,39)/t26?,27?,28-,32?/m1/s1. The minimum absolute atomic E-state index is 0.0253. The quantitative estimate of drug-likeness (QED) is 0.253. The second-order valence-electron chi connectivity index (χ2n) is 12.3. The molecule has 1 fully saturated rings. The molecule has 0 bridgehead atoms. The lowest BCUT2D eigenvalue weighted by atomic mass is 9.99. The minimum atomic E-state index is -3.82. The zero-order valence-corrected chi connectivity index (χ0v) is 26.4. The molecule has 3 unspecified atom stereocenters. The summed E-state index contributed by atoms with van der Waals surface area (Å²) < 4.78 is 33.1. The molecule has 2 heterocycles. The lowest BCUT2D eigenvalue weighted by Crippen LogP contribution is -2.61. The number of hydrogen-bond donors (Lipinski definition) is 4. The van der Waals surface area contributed by atoms with E-state index in [4.69, 9.17) is 4.74 Å². The molecule has 0 spiro atoms. The first-order valence-electron chi connectivity index (χ1n) is 15.3. The molecular formula is C32H46N4O6S. The third kappa shape index (κ3) is 8.35. The summed E-state index contributed by atoms with van der Waals surface area (Å²) in [4.78, 5) is 27.0. The van der Waals surface area contributed by atoms with Crippen LogP contribution < -0.4 is 20.8 Å². The van der Waals surface area contributed by atoms with Crippen LogP contribution in [0.15, 0.2) is 53.4 Å². The fourth-order valence-electron chi connectivity index (χ4n) is 5.70. The maximum atomic E-state index is 13.8. The first-order chi connectivity index (χ1) is 20.5. The van der Waals surface area contributed by atoms with Crippen LogP contribution in [0.2, 0.25) is 0 Å². The molecule has 10 nitrogen and oxygen atoms in total. The minimum Gasteiger partial charge on any atom is -0.493 e. The Hall–Kier alpha value is -2.99. The Morgan fingerprint density at radius 3 is 2.51 bits per heavy atom. The molecule has 4 atom stereocenters. The Morgan fingerprint density at radius 2 is 1.86 bits per heavy atom. The van der Waals surface area contributed by atoms with E-state index in [0.29, 0.717) is 25.2 Å². The number of carbonyl (C=O) groups is 2. The summed E-state index contributed by atoms with van der Waals surface area (Å²) in [6.45, 7) is 8.60. The van der Waals surface area contributed by atoms with Crippen molar-refractivity contribution in [3.05, 3.63) is 59.7 Å². The fraction of sp³-hybridized carbons (Fsp3) is 0.562. The molecule has 11 heteroatoms. The van der Waals surface area contributed by atoms with E-state index in [1.54, 1.807) is 18.2 Å². The lowest BCUT2D eigenvalue weighted by Gasteiger charge is -2.37. The van der Waals surface area contributed by atoms with Crippen molar-refractivity contribution in [2.45, 2.75) is 88.3 Å². The molecule has 0 saturated carbocycles. The van der Waals surface area contributed by atoms with E-state index >= 15 is 0 Å². The highest BCUT2D eigenvalue weighted by Crippen LogP contribution is 2.30. The predicted octanol–water partition coefficient (Wildman–Crippen LogP) is 2.60. The number of benzene rings is 2. The van der Waals surface area contributed by atoms with Crippen LogP contribution in [0.5, 0.6) is 5.75 Å². The zero-order valence-electron chi connectivity index (χ0n) is 25.6. The SMILES string of the molecule is CC(C)CC(=O)N(NC(=O)C1CCCN1)C(Cc1ccccc1)[C@H](O)CNC(C(C)C)S(=O)(=O)c1ccc2c(c1)CCO2. The van der Waals surface area contributed by atoms with Gasteiger partial charge in [0, 0.05) is 19.4 Å². The van der Waals surface area contributed by atoms with Crippen molar-refractivity contribution in [1.82, 2.24) is 21.1 Å². The number of hydrazine groups is 1. The van der Waals surface area contributed by atoms with Crippen LogP contribution in [0.4, 0.5) is 0 Å². The Morgan fingerprint density at radius 1 is 1.12 bits per heavy atom. The van der Waals surface area contributed by atoms with Gasteiger partial charge in [-0.2, -0.15) is 0 Å². The third-order valence-corrected chi connectivity index (χ3v) is 10.3.